The quantitative estimate of drug-likeness (QED) is 0.366. The van der Waals surface area contributed by atoms with E-state index in [1.807, 2.05) is 0 Å². The standard InChI is InChI=1S/C24H16F3N5O2S/c25-24(26,27)16-12-18(14-6-2-1-3-7-14)29-21-20(16)35-23(31-21)30-19(33)10-11-32-13-28-17-9-5-4-8-15(17)22(32)34/h1-9,12-13H,10-11H2,(H,29,30,31,33). The lowest BCUT2D eigenvalue weighted by molar-refractivity contribution is -0.136. The molecule has 0 unspecified atom stereocenters. The first-order chi connectivity index (χ1) is 16.8. The van der Waals surface area contributed by atoms with E-state index in [0.717, 1.165) is 6.07 Å². The van der Waals surface area contributed by atoms with Gasteiger partial charge in [0.05, 0.1) is 33.2 Å². The van der Waals surface area contributed by atoms with Gasteiger partial charge in [0, 0.05) is 18.5 Å². The van der Waals surface area contributed by atoms with Gasteiger partial charge in [0.25, 0.3) is 5.56 Å². The van der Waals surface area contributed by atoms with Crippen LogP contribution < -0.4 is 10.9 Å². The Hall–Kier alpha value is -4.12. The van der Waals surface area contributed by atoms with Crippen molar-refractivity contribution in [2.24, 2.45) is 0 Å². The predicted octanol–water partition coefficient (Wildman–Crippen LogP) is 5.12. The molecule has 0 aliphatic heterocycles. The van der Waals surface area contributed by atoms with Crippen LogP contribution in [0.3, 0.4) is 0 Å². The smallest absolute Gasteiger partial charge is 0.302 e. The molecule has 11 heteroatoms. The van der Waals surface area contributed by atoms with E-state index in [-0.39, 0.29) is 39.7 Å². The Morgan fingerprint density at radius 1 is 1.03 bits per heavy atom. The van der Waals surface area contributed by atoms with Crippen LogP contribution >= 0.6 is 11.3 Å². The van der Waals surface area contributed by atoms with Crippen molar-refractivity contribution in [1.29, 1.82) is 0 Å². The SMILES string of the molecule is O=C(CCn1cnc2ccccc2c1=O)Nc1nc2nc(-c3ccccc3)cc(C(F)(F)F)c2s1. The van der Waals surface area contributed by atoms with Crippen LogP contribution in [0, 0.1) is 0 Å². The van der Waals surface area contributed by atoms with E-state index in [0.29, 0.717) is 27.8 Å². The number of para-hydroxylation sites is 1. The molecule has 0 bridgehead atoms. The van der Waals surface area contributed by atoms with Gasteiger partial charge < -0.3 is 5.32 Å². The zero-order valence-corrected chi connectivity index (χ0v) is 18.7. The third kappa shape index (κ3) is 4.62. The molecule has 176 valence electrons. The largest absolute Gasteiger partial charge is 0.417 e. The highest BCUT2D eigenvalue weighted by Gasteiger charge is 2.35. The zero-order chi connectivity index (χ0) is 24.6. The number of anilines is 1. The molecule has 35 heavy (non-hydrogen) atoms. The summed E-state index contributed by atoms with van der Waals surface area (Å²) in [7, 11) is 0. The molecule has 0 atom stereocenters. The van der Waals surface area contributed by atoms with E-state index in [2.05, 4.69) is 20.3 Å². The Bertz CT molecular complexity index is 1610. The Morgan fingerprint density at radius 3 is 2.54 bits per heavy atom. The number of carbonyl (C=O) groups excluding carboxylic acids is 1. The average Bonchev–Trinajstić information content (AvgIpc) is 3.25. The maximum Gasteiger partial charge on any atom is 0.417 e. The first-order valence-electron chi connectivity index (χ1n) is 10.5. The summed E-state index contributed by atoms with van der Waals surface area (Å²) in [4.78, 5) is 37.6. The fourth-order valence-corrected chi connectivity index (χ4v) is 4.56. The summed E-state index contributed by atoms with van der Waals surface area (Å²) in [5, 5.41) is 2.95. The van der Waals surface area contributed by atoms with Gasteiger partial charge in [0.15, 0.2) is 10.8 Å². The molecular formula is C24H16F3N5O2S. The maximum atomic E-state index is 13.8. The van der Waals surface area contributed by atoms with E-state index < -0.39 is 17.6 Å². The molecule has 0 aliphatic rings. The fourth-order valence-electron chi connectivity index (χ4n) is 3.60. The van der Waals surface area contributed by atoms with Gasteiger partial charge >= 0.3 is 6.18 Å². The fraction of sp³-hybridized carbons (Fsp3) is 0.125. The number of alkyl halides is 3. The zero-order valence-electron chi connectivity index (χ0n) is 17.9. The van der Waals surface area contributed by atoms with Crippen LogP contribution in [0.15, 0.2) is 71.8 Å². The Balaban J connectivity index is 1.39. The first-order valence-corrected chi connectivity index (χ1v) is 11.3. The van der Waals surface area contributed by atoms with Gasteiger partial charge in [-0.25, -0.2) is 9.97 Å². The number of aromatic nitrogens is 4. The van der Waals surface area contributed by atoms with Crippen LogP contribution in [0.1, 0.15) is 12.0 Å². The van der Waals surface area contributed by atoms with Crippen molar-refractivity contribution in [3.8, 4) is 11.3 Å². The molecule has 5 rings (SSSR count). The van der Waals surface area contributed by atoms with Gasteiger partial charge in [0.2, 0.25) is 5.91 Å². The third-order valence-corrected chi connectivity index (χ3v) is 6.29. The first kappa shape index (κ1) is 22.7. The van der Waals surface area contributed by atoms with E-state index in [1.54, 1.807) is 54.6 Å². The van der Waals surface area contributed by atoms with Crippen LogP contribution in [0.2, 0.25) is 0 Å². The summed E-state index contributed by atoms with van der Waals surface area (Å²) >= 11 is 0.703. The molecule has 7 nitrogen and oxygen atoms in total. The van der Waals surface area contributed by atoms with E-state index in [1.165, 1.54) is 10.9 Å². The second-order valence-corrected chi connectivity index (χ2v) is 8.65. The van der Waals surface area contributed by atoms with Gasteiger partial charge in [-0.2, -0.15) is 18.2 Å². The lowest BCUT2D eigenvalue weighted by Gasteiger charge is -2.09. The van der Waals surface area contributed by atoms with Crippen molar-refractivity contribution < 1.29 is 18.0 Å². The van der Waals surface area contributed by atoms with E-state index in [4.69, 9.17) is 0 Å². The number of nitrogens with one attached hydrogen (secondary N) is 1. The van der Waals surface area contributed by atoms with E-state index >= 15 is 0 Å². The third-order valence-electron chi connectivity index (χ3n) is 5.29. The Morgan fingerprint density at radius 2 is 1.77 bits per heavy atom. The molecule has 0 saturated heterocycles. The topological polar surface area (TPSA) is 89.8 Å². The van der Waals surface area contributed by atoms with Crippen LogP contribution in [-0.2, 0) is 17.5 Å². The summed E-state index contributed by atoms with van der Waals surface area (Å²) < 4.78 is 42.5. The average molecular weight is 495 g/mol. The van der Waals surface area contributed by atoms with Crippen molar-refractivity contribution in [1.82, 2.24) is 19.5 Å². The van der Waals surface area contributed by atoms with Gasteiger partial charge in [-0.15, -0.1) is 0 Å². The number of benzene rings is 2. The lowest BCUT2D eigenvalue weighted by atomic mass is 10.1. The van der Waals surface area contributed by atoms with Crippen molar-refractivity contribution in [3.63, 3.8) is 0 Å². The highest BCUT2D eigenvalue weighted by molar-refractivity contribution is 7.22. The lowest BCUT2D eigenvalue weighted by Crippen LogP contribution is -2.23. The molecule has 1 amide bonds. The number of pyridine rings is 1. The molecule has 3 aromatic heterocycles. The highest BCUT2D eigenvalue weighted by Crippen LogP contribution is 2.40. The van der Waals surface area contributed by atoms with Crippen molar-refractivity contribution in [2.75, 3.05) is 5.32 Å². The minimum Gasteiger partial charge on any atom is -0.302 e. The van der Waals surface area contributed by atoms with Crippen molar-refractivity contribution in [2.45, 2.75) is 19.1 Å². The number of thiazole rings is 1. The summed E-state index contributed by atoms with van der Waals surface area (Å²) in [6.45, 7) is 0.0532. The van der Waals surface area contributed by atoms with Crippen LogP contribution in [-0.4, -0.2) is 25.4 Å². The maximum absolute atomic E-state index is 13.8. The molecule has 0 spiro atoms. The molecular weight excluding hydrogens is 479 g/mol. The molecule has 0 radical (unpaired) electrons. The number of amides is 1. The van der Waals surface area contributed by atoms with Crippen LogP contribution in [0.25, 0.3) is 32.5 Å². The van der Waals surface area contributed by atoms with Gasteiger partial charge in [-0.1, -0.05) is 53.8 Å². The molecule has 3 heterocycles. The molecule has 0 aliphatic carbocycles. The molecule has 0 saturated carbocycles. The summed E-state index contributed by atoms with van der Waals surface area (Å²) in [5.41, 5.74) is -0.0434. The Labute approximate surface area is 199 Å². The Kier molecular flexibility index (Phi) is 5.77. The molecule has 2 aromatic carbocycles. The van der Waals surface area contributed by atoms with Gasteiger partial charge in [0.1, 0.15) is 0 Å². The monoisotopic (exact) mass is 495 g/mol. The number of hydrogen-bond acceptors (Lipinski definition) is 6. The second kappa shape index (κ2) is 8.91. The van der Waals surface area contributed by atoms with E-state index in [9.17, 15) is 22.8 Å². The second-order valence-electron chi connectivity index (χ2n) is 7.65. The van der Waals surface area contributed by atoms with Crippen molar-refractivity contribution in [3.05, 3.63) is 82.9 Å². The van der Waals surface area contributed by atoms with Gasteiger partial charge in [-0.05, 0) is 18.2 Å². The normalized spacial score (nSPS) is 11.7. The van der Waals surface area contributed by atoms with Crippen LogP contribution in [0.5, 0.6) is 0 Å². The number of fused-ring (bicyclic) bond motifs is 2. The molecule has 1 N–H and O–H groups in total. The predicted molar refractivity (Wildman–Crippen MR) is 127 cm³/mol. The number of halogens is 3. The minimum absolute atomic E-state index is 0.00260. The highest BCUT2D eigenvalue weighted by atomic mass is 32.1. The summed E-state index contributed by atoms with van der Waals surface area (Å²) in [6.07, 6.45) is -3.35. The summed E-state index contributed by atoms with van der Waals surface area (Å²) in [6, 6.07) is 16.3. The van der Waals surface area contributed by atoms with Gasteiger partial charge in [-0.3, -0.25) is 14.2 Å². The minimum atomic E-state index is -4.62. The summed E-state index contributed by atoms with van der Waals surface area (Å²) in [5.74, 6) is -0.499. The number of rotatable bonds is 5. The number of aryl methyl sites for hydroxylation is 1. The molecule has 0 fully saturated rings. The number of nitrogens with zero attached hydrogens (tertiary/aromatic N) is 4. The van der Waals surface area contributed by atoms with Crippen molar-refractivity contribution >= 4 is 43.6 Å². The molecule has 5 aromatic rings. The number of carbonyl (C=O) groups is 1. The number of hydrogen-bond donors (Lipinski definition) is 1. The van der Waals surface area contributed by atoms with Crippen LogP contribution in [0.4, 0.5) is 18.3 Å².